The lowest BCUT2D eigenvalue weighted by Crippen LogP contribution is -2.18. The molecule has 3 rings (SSSR count). The highest BCUT2D eigenvalue weighted by molar-refractivity contribution is 9.10. The summed E-state index contributed by atoms with van der Waals surface area (Å²) >= 11 is 4.68. The Morgan fingerprint density at radius 2 is 2.10 bits per heavy atom. The molecular formula is C14H14BrN3O2S. The number of hydrogen-bond acceptors (Lipinski definition) is 4. The van der Waals surface area contributed by atoms with Crippen LogP contribution in [-0.2, 0) is 0 Å². The Bertz CT molecular complexity index is 719. The molecule has 1 unspecified atom stereocenters. The van der Waals surface area contributed by atoms with E-state index in [1.807, 2.05) is 19.1 Å². The third-order valence-corrected chi connectivity index (χ3v) is 4.96. The number of aromatic nitrogens is 3. The van der Waals surface area contributed by atoms with Gasteiger partial charge in [-0.2, -0.15) is 0 Å². The number of carbonyl (C=O) groups excluding carboxylic acids is 1. The second-order valence-electron chi connectivity index (χ2n) is 5.04. The molecule has 21 heavy (non-hydrogen) atoms. The van der Waals surface area contributed by atoms with Crippen molar-refractivity contribution in [3.05, 3.63) is 44.8 Å². The summed E-state index contributed by atoms with van der Waals surface area (Å²) in [5.74, 6) is 0.0327. The maximum Gasteiger partial charge on any atom is 0.344 e. The second-order valence-corrected chi connectivity index (χ2v) is 7.27. The van der Waals surface area contributed by atoms with Crippen LogP contribution >= 0.6 is 27.7 Å². The number of rotatable bonds is 5. The van der Waals surface area contributed by atoms with Crippen LogP contribution in [0.5, 0.6) is 0 Å². The fourth-order valence-electron chi connectivity index (χ4n) is 2.09. The van der Waals surface area contributed by atoms with Gasteiger partial charge in [0.1, 0.15) is 0 Å². The first kappa shape index (κ1) is 14.6. The number of Topliss-reactive ketones (excluding diaryl/α,β-unsaturated/α-hetero) is 1. The average Bonchev–Trinajstić information content (AvgIpc) is 3.24. The van der Waals surface area contributed by atoms with Gasteiger partial charge in [-0.3, -0.25) is 9.36 Å². The quantitative estimate of drug-likeness (QED) is 0.651. The predicted octanol–water partition coefficient (Wildman–Crippen LogP) is 3.03. The fourth-order valence-corrected chi connectivity index (χ4v) is 3.36. The van der Waals surface area contributed by atoms with Crippen LogP contribution in [0, 0.1) is 0 Å². The van der Waals surface area contributed by atoms with Crippen molar-refractivity contribution in [3.63, 3.8) is 0 Å². The van der Waals surface area contributed by atoms with Crippen LogP contribution in [0.4, 0.5) is 0 Å². The molecule has 1 heterocycles. The van der Waals surface area contributed by atoms with Crippen molar-refractivity contribution in [3.8, 4) is 0 Å². The van der Waals surface area contributed by atoms with Crippen molar-refractivity contribution in [2.45, 2.75) is 36.2 Å². The fraction of sp³-hybridized carbons (Fsp3) is 0.357. The number of carbonyl (C=O) groups is 1. The molecule has 1 fully saturated rings. The van der Waals surface area contributed by atoms with E-state index in [9.17, 15) is 9.59 Å². The summed E-state index contributed by atoms with van der Waals surface area (Å²) in [7, 11) is 0. The van der Waals surface area contributed by atoms with Crippen LogP contribution in [0.2, 0.25) is 0 Å². The lowest BCUT2D eigenvalue weighted by atomic mass is 10.1. The maximum atomic E-state index is 12.4. The lowest BCUT2D eigenvalue weighted by Gasteiger charge is -2.10. The van der Waals surface area contributed by atoms with Crippen LogP contribution in [0.1, 0.15) is 36.2 Å². The topological polar surface area (TPSA) is 67.8 Å². The van der Waals surface area contributed by atoms with Gasteiger partial charge in [-0.25, -0.2) is 9.89 Å². The van der Waals surface area contributed by atoms with Gasteiger partial charge in [-0.15, -0.1) is 5.10 Å². The third kappa shape index (κ3) is 3.13. The summed E-state index contributed by atoms with van der Waals surface area (Å²) in [6, 6.07) is 7.52. The number of thioether (sulfide) groups is 1. The minimum Gasteiger partial charge on any atom is -0.293 e. The molecule has 110 valence electrons. The molecule has 0 saturated heterocycles. The largest absolute Gasteiger partial charge is 0.344 e. The molecule has 1 aromatic heterocycles. The van der Waals surface area contributed by atoms with Gasteiger partial charge in [0.05, 0.1) is 5.25 Å². The van der Waals surface area contributed by atoms with E-state index in [1.165, 1.54) is 11.8 Å². The summed E-state index contributed by atoms with van der Waals surface area (Å²) < 4.78 is 2.60. The van der Waals surface area contributed by atoms with E-state index in [4.69, 9.17) is 0 Å². The second kappa shape index (κ2) is 5.81. The molecule has 0 radical (unpaired) electrons. The van der Waals surface area contributed by atoms with Crippen LogP contribution in [-0.4, -0.2) is 25.8 Å². The highest BCUT2D eigenvalue weighted by atomic mass is 79.9. The normalized spacial score (nSPS) is 15.9. The van der Waals surface area contributed by atoms with Crippen molar-refractivity contribution in [2.75, 3.05) is 0 Å². The van der Waals surface area contributed by atoms with Gasteiger partial charge < -0.3 is 0 Å². The van der Waals surface area contributed by atoms with E-state index in [2.05, 4.69) is 26.1 Å². The predicted molar refractivity (Wildman–Crippen MR) is 84.9 cm³/mol. The van der Waals surface area contributed by atoms with E-state index in [0.29, 0.717) is 10.7 Å². The van der Waals surface area contributed by atoms with Crippen LogP contribution in [0.25, 0.3) is 0 Å². The van der Waals surface area contributed by atoms with Gasteiger partial charge in [0, 0.05) is 16.1 Å². The smallest absolute Gasteiger partial charge is 0.293 e. The molecule has 0 spiro atoms. The van der Waals surface area contributed by atoms with E-state index in [-0.39, 0.29) is 22.8 Å². The summed E-state index contributed by atoms with van der Waals surface area (Å²) in [5, 5.41) is 6.81. The molecule has 0 amide bonds. The van der Waals surface area contributed by atoms with Gasteiger partial charge >= 0.3 is 5.69 Å². The zero-order valence-corrected chi connectivity index (χ0v) is 13.8. The van der Waals surface area contributed by atoms with Crippen LogP contribution in [0.15, 0.2) is 38.7 Å². The Morgan fingerprint density at radius 3 is 2.71 bits per heavy atom. The highest BCUT2D eigenvalue weighted by Gasteiger charge is 2.30. The molecule has 7 heteroatoms. The zero-order valence-electron chi connectivity index (χ0n) is 11.4. The van der Waals surface area contributed by atoms with Crippen LogP contribution in [0.3, 0.4) is 0 Å². The summed E-state index contributed by atoms with van der Waals surface area (Å²) in [6.07, 6.45) is 2.00. The number of ketones is 1. The lowest BCUT2D eigenvalue weighted by molar-refractivity contribution is 0.0994. The van der Waals surface area contributed by atoms with Crippen LogP contribution < -0.4 is 5.69 Å². The molecule has 1 aliphatic carbocycles. The van der Waals surface area contributed by atoms with Gasteiger partial charge in [-0.05, 0) is 31.9 Å². The molecule has 2 aromatic rings. The Balaban J connectivity index is 1.77. The summed E-state index contributed by atoms with van der Waals surface area (Å²) in [5.41, 5.74) is 0.470. The van der Waals surface area contributed by atoms with Crippen molar-refractivity contribution in [1.29, 1.82) is 0 Å². The summed E-state index contributed by atoms with van der Waals surface area (Å²) in [4.78, 5) is 24.1. The monoisotopic (exact) mass is 367 g/mol. The van der Waals surface area contributed by atoms with Crippen molar-refractivity contribution < 1.29 is 4.79 Å². The molecule has 1 aromatic carbocycles. The highest BCUT2D eigenvalue weighted by Crippen LogP contribution is 2.37. The minimum absolute atomic E-state index is 0.0327. The zero-order chi connectivity index (χ0) is 15.0. The number of nitrogens with zero attached hydrogens (tertiary/aromatic N) is 2. The third-order valence-electron chi connectivity index (χ3n) is 3.36. The number of halogens is 1. The number of H-pyrrole nitrogens is 1. The Kier molecular flexibility index (Phi) is 4.03. The van der Waals surface area contributed by atoms with E-state index in [0.717, 1.165) is 17.3 Å². The molecule has 1 N–H and O–H groups in total. The number of hydrogen-bond donors (Lipinski definition) is 1. The Morgan fingerprint density at radius 1 is 1.43 bits per heavy atom. The first-order valence-corrected chi connectivity index (χ1v) is 8.37. The SMILES string of the molecule is CC(Sc1n[nH]c(=O)n1C1CC1)C(=O)c1ccc(Br)cc1. The Labute approximate surface area is 134 Å². The van der Waals surface area contributed by atoms with Gasteiger partial charge in [-0.1, -0.05) is 39.8 Å². The standard InChI is InChI=1S/C14H14BrN3O2S/c1-8(12(19)9-2-4-10(15)5-3-9)21-14-17-16-13(20)18(14)11-6-7-11/h2-5,8,11H,6-7H2,1H3,(H,16,20). The average molecular weight is 368 g/mol. The van der Waals surface area contributed by atoms with Gasteiger partial charge in [0.15, 0.2) is 10.9 Å². The number of nitrogens with one attached hydrogen (secondary N) is 1. The molecule has 1 atom stereocenters. The van der Waals surface area contributed by atoms with Crippen molar-refractivity contribution in [1.82, 2.24) is 14.8 Å². The van der Waals surface area contributed by atoms with Crippen molar-refractivity contribution in [2.24, 2.45) is 0 Å². The Hall–Kier alpha value is -1.34. The van der Waals surface area contributed by atoms with Crippen molar-refractivity contribution >= 4 is 33.5 Å². The van der Waals surface area contributed by atoms with Gasteiger partial charge in [0.25, 0.3) is 0 Å². The maximum absolute atomic E-state index is 12.4. The van der Waals surface area contributed by atoms with E-state index < -0.39 is 0 Å². The first-order valence-electron chi connectivity index (χ1n) is 6.69. The number of benzene rings is 1. The van der Waals surface area contributed by atoms with Gasteiger partial charge in [0.2, 0.25) is 0 Å². The molecule has 1 aliphatic rings. The molecule has 0 aliphatic heterocycles. The molecular weight excluding hydrogens is 354 g/mol. The molecule has 0 bridgehead atoms. The summed E-state index contributed by atoms with van der Waals surface area (Å²) in [6.45, 7) is 1.84. The minimum atomic E-state index is -0.293. The molecule has 5 nitrogen and oxygen atoms in total. The molecule has 1 saturated carbocycles. The first-order chi connectivity index (χ1) is 10.1. The van der Waals surface area contributed by atoms with E-state index >= 15 is 0 Å². The van der Waals surface area contributed by atoms with E-state index in [1.54, 1.807) is 16.7 Å². The number of aromatic amines is 1.